The molecule has 5 nitrogen and oxygen atoms in total. The normalized spacial score (nSPS) is 10.4. The molecule has 0 spiro atoms. The zero-order valence-electron chi connectivity index (χ0n) is 11.5. The molecule has 2 N–H and O–H groups in total. The summed E-state index contributed by atoms with van der Waals surface area (Å²) >= 11 is 6.00. The average Bonchev–Trinajstić information content (AvgIpc) is 2.89. The first kappa shape index (κ1) is 15.1. The Morgan fingerprint density at radius 2 is 2.05 bits per heavy atom. The third-order valence-corrected chi connectivity index (χ3v) is 3.32. The number of aryl methyl sites for hydroxylation is 1. The van der Waals surface area contributed by atoms with Crippen molar-refractivity contribution in [1.82, 2.24) is 4.57 Å². The van der Waals surface area contributed by atoms with Crippen molar-refractivity contribution in [2.24, 2.45) is 0 Å². The lowest BCUT2D eigenvalue weighted by Crippen LogP contribution is -2.18. The van der Waals surface area contributed by atoms with Crippen LogP contribution in [0.5, 0.6) is 0 Å². The van der Waals surface area contributed by atoms with Gasteiger partial charge in [0, 0.05) is 12.7 Å². The van der Waals surface area contributed by atoms with Gasteiger partial charge in [-0.3, -0.25) is 4.79 Å². The number of aromatic carboxylic acids is 1. The standard InChI is InChI=1S/C15H15ClN2O3/c1-2-8-18-9-4-7-12(18)14(19)17-13-10(15(20)21)5-3-6-11(13)16/h3-7,9H,2,8H2,1H3,(H,17,19)(H,20,21). The summed E-state index contributed by atoms with van der Waals surface area (Å²) in [6.07, 6.45) is 2.70. The van der Waals surface area contributed by atoms with Gasteiger partial charge in [-0.2, -0.15) is 0 Å². The molecule has 6 heteroatoms. The van der Waals surface area contributed by atoms with Crippen LogP contribution in [0.25, 0.3) is 0 Å². The highest BCUT2D eigenvalue weighted by Crippen LogP contribution is 2.26. The first-order valence-electron chi connectivity index (χ1n) is 6.53. The molecule has 110 valence electrons. The third-order valence-electron chi connectivity index (χ3n) is 3.01. The number of amides is 1. The van der Waals surface area contributed by atoms with Crippen molar-refractivity contribution in [3.63, 3.8) is 0 Å². The number of halogens is 1. The van der Waals surface area contributed by atoms with Gasteiger partial charge < -0.3 is 15.0 Å². The van der Waals surface area contributed by atoms with Crippen molar-refractivity contribution >= 4 is 29.2 Å². The highest BCUT2D eigenvalue weighted by Gasteiger charge is 2.18. The Morgan fingerprint density at radius 3 is 2.71 bits per heavy atom. The molecule has 0 saturated heterocycles. The van der Waals surface area contributed by atoms with Gasteiger partial charge in [0.2, 0.25) is 0 Å². The maximum Gasteiger partial charge on any atom is 0.337 e. The summed E-state index contributed by atoms with van der Waals surface area (Å²) in [4.78, 5) is 23.5. The van der Waals surface area contributed by atoms with E-state index >= 15 is 0 Å². The van der Waals surface area contributed by atoms with E-state index in [1.54, 1.807) is 12.1 Å². The molecule has 0 unspecified atom stereocenters. The van der Waals surface area contributed by atoms with Crippen LogP contribution in [0.15, 0.2) is 36.5 Å². The molecule has 0 radical (unpaired) electrons. The van der Waals surface area contributed by atoms with Crippen molar-refractivity contribution in [3.8, 4) is 0 Å². The average molecular weight is 307 g/mol. The van der Waals surface area contributed by atoms with Crippen LogP contribution in [0, 0.1) is 0 Å². The number of hydrogen-bond acceptors (Lipinski definition) is 2. The molecule has 0 fully saturated rings. The molecule has 0 bridgehead atoms. The third kappa shape index (κ3) is 3.25. The SMILES string of the molecule is CCCn1cccc1C(=O)Nc1c(Cl)cccc1C(=O)O. The summed E-state index contributed by atoms with van der Waals surface area (Å²) in [5, 5.41) is 11.9. The van der Waals surface area contributed by atoms with Gasteiger partial charge in [-0.05, 0) is 30.7 Å². The number of carbonyl (C=O) groups excluding carboxylic acids is 1. The van der Waals surface area contributed by atoms with Crippen LogP contribution in [0.1, 0.15) is 34.2 Å². The second-order valence-electron chi connectivity index (χ2n) is 4.51. The van der Waals surface area contributed by atoms with Gasteiger partial charge in [-0.1, -0.05) is 24.6 Å². The maximum absolute atomic E-state index is 12.3. The Morgan fingerprint density at radius 1 is 1.29 bits per heavy atom. The Balaban J connectivity index is 2.32. The number of hydrogen-bond donors (Lipinski definition) is 2. The topological polar surface area (TPSA) is 71.3 Å². The number of carboxylic acids is 1. The minimum absolute atomic E-state index is 0.0375. The van der Waals surface area contributed by atoms with Gasteiger partial charge in [0.1, 0.15) is 5.69 Å². The number of anilines is 1. The number of para-hydroxylation sites is 1. The van der Waals surface area contributed by atoms with Crippen molar-refractivity contribution < 1.29 is 14.7 Å². The molecule has 0 aliphatic heterocycles. The molecule has 1 heterocycles. The highest BCUT2D eigenvalue weighted by molar-refractivity contribution is 6.34. The molecule has 1 aromatic heterocycles. The highest BCUT2D eigenvalue weighted by atomic mass is 35.5. The summed E-state index contributed by atoms with van der Waals surface area (Å²) in [7, 11) is 0. The minimum Gasteiger partial charge on any atom is -0.478 e. The number of nitrogens with zero attached hydrogens (tertiary/aromatic N) is 1. The molecule has 1 aromatic carbocycles. The van der Waals surface area contributed by atoms with Crippen LogP contribution in [0.2, 0.25) is 5.02 Å². The van der Waals surface area contributed by atoms with E-state index in [1.807, 2.05) is 17.7 Å². The zero-order chi connectivity index (χ0) is 15.4. The number of carboxylic acid groups (broad SMARTS) is 1. The van der Waals surface area contributed by atoms with E-state index in [1.165, 1.54) is 18.2 Å². The number of rotatable bonds is 5. The van der Waals surface area contributed by atoms with Crippen LogP contribution in [-0.2, 0) is 6.54 Å². The van der Waals surface area contributed by atoms with Gasteiger partial charge in [-0.15, -0.1) is 0 Å². The van der Waals surface area contributed by atoms with Gasteiger partial charge in [-0.25, -0.2) is 4.79 Å². The second-order valence-corrected chi connectivity index (χ2v) is 4.92. The van der Waals surface area contributed by atoms with Crippen molar-refractivity contribution in [2.45, 2.75) is 19.9 Å². The van der Waals surface area contributed by atoms with Crippen molar-refractivity contribution in [3.05, 3.63) is 52.8 Å². The van der Waals surface area contributed by atoms with E-state index in [-0.39, 0.29) is 22.2 Å². The predicted octanol–water partition coefficient (Wildman–Crippen LogP) is 3.50. The summed E-state index contributed by atoms with van der Waals surface area (Å²) < 4.78 is 1.81. The molecule has 0 aliphatic carbocycles. The lowest BCUT2D eigenvalue weighted by atomic mass is 10.1. The van der Waals surface area contributed by atoms with Crippen molar-refractivity contribution in [2.75, 3.05) is 5.32 Å². The fourth-order valence-corrected chi connectivity index (χ4v) is 2.28. The van der Waals surface area contributed by atoms with Gasteiger partial charge in [0.15, 0.2) is 0 Å². The van der Waals surface area contributed by atoms with E-state index in [4.69, 9.17) is 16.7 Å². The molecule has 21 heavy (non-hydrogen) atoms. The Labute approximate surface area is 127 Å². The summed E-state index contributed by atoms with van der Waals surface area (Å²) in [6, 6.07) is 7.92. The van der Waals surface area contributed by atoms with E-state index < -0.39 is 5.97 Å². The summed E-state index contributed by atoms with van der Waals surface area (Å²) in [5.74, 6) is -1.53. The molecular formula is C15H15ClN2O3. The van der Waals surface area contributed by atoms with E-state index in [0.29, 0.717) is 12.2 Å². The Bertz CT molecular complexity index is 679. The lowest BCUT2D eigenvalue weighted by molar-refractivity contribution is 0.0698. The molecule has 1 amide bonds. The molecule has 2 aromatic rings. The van der Waals surface area contributed by atoms with Crippen LogP contribution < -0.4 is 5.32 Å². The van der Waals surface area contributed by atoms with Gasteiger partial charge in [0.05, 0.1) is 16.3 Å². The molecule has 2 rings (SSSR count). The van der Waals surface area contributed by atoms with Gasteiger partial charge >= 0.3 is 5.97 Å². The quantitative estimate of drug-likeness (QED) is 0.888. The van der Waals surface area contributed by atoms with Crippen LogP contribution in [0.3, 0.4) is 0 Å². The zero-order valence-corrected chi connectivity index (χ0v) is 12.2. The van der Waals surface area contributed by atoms with E-state index in [9.17, 15) is 9.59 Å². The van der Waals surface area contributed by atoms with Crippen LogP contribution in [-0.4, -0.2) is 21.6 Å². The Hall–Kier alpha value is -2.27. The smallest absolute Gasteiger partial charge is 0.337 e. The fraction of sp³-hybridized carbons (Fsp3) is 0.200. The number of carbonyl (C=O) groups is 2. The van der Waals surface area contributed by atoms with Crippen LogP contribution in [0.4, 0.5) is 5.69 Å². The van der Waals surface area contributed by atoms with Crippen LogP contribution >= 0.6 is 11.6 Å². The lowest BCUT2D eigenvalue weighted by Gasteiger charge is -2.12. The number of nitrogens with one attached hydrogen (secondary N) is 1. The van der Waals surface area contributed by atoms with E-state index in [2.05, 4.69) is 5.32 Å². The van der Waals surface area contributed by atoms with Gasteiger partial charge in [0.25, 0.3) is 5.91 Å². The summed E-state index contributed by atoms with van der Waals surface area (Å²) in [6.45, 7) is 2.72. The predicted molar refractivity (Wildman–Crippen MR) is 81.1 cm³/mol. The maximum atomic E-state index is 12.3. The fourth-order valence-electron chi connectivity index (χ4n) is 2.06. The number of aromatic nitrogens is 1. The van der Waals surface area contributed by atoms with E-state index in [0.717, 1.165) is 6.42 Å². The largest absolute Gasteiger partial charge is 0.478 e. The molecule has 0 aliphatic rings. The monoisotopic (exact) mass is 306 g/mol. The first-order chi connectivity index (χ1) is 10.0. The minimum atomic E-state index is -1.14. The molecule has 0 atom stereocenters. The second kappa shape index (κ2) is 6.45. The molecular weight excluding hydrogens is 292 g/mol. The van der Waals surface area contributed by atoms with Crippen molar-refractivity contribution in [1.29, 1.82) is 0 Å². The number of benzene rings is 1. The first-order valence-corrected chi connectivity index (χ1v) is 6.90. The summed E-state index contributed by atoms with van der Waals surface area (Å²) in [5.41, 5.74) is 0.540. The molecule has 0 saturated carbocycles. The Kier molecular flexibility index (Phi) is 4.65.